The van der Waals surface area contributed by atoms with Crippen molar-refractivity contribution in [3.05, 3.63) is 17.8 Å². The molecule has 0 spiro atoms. The molecule has 1 saturated heterocycles. The van der Waals surface area contributed by atoms with Crippen molar-refractivity contribution < 1.29 is 19.4 Å². The Morgan fingerprint density at radius 2 is 2.39 bits per heavy atom. The number of rotatable bonds is 3. The molecular formula is C9H9ClN4O4. The largest absolute Gasteiger partial charge is 0.391 e. The van der Waals surface area contributed by atoms with Crippen molar-refractivity contribution in [2.45, 2.75) is 12.6 Å². The summed E-state index contributed by atoms with van der Waals surface area (Å²) in [6, 6.07) is 0. The normalized spacial score (nSPS) is 23.7. The van der Waals surface area contributed by atoms with E-state index in [0.717, 1.165) is 0 Å². The molecule has 1 aliphatic heterocycles. The zero-order chi connectivity index (χ0) is 12.5. The molecule has 0 aliphatic carbocycles. The number of fused-ring (bicyclic) bond motifs is 1. The molecule has 1 aliphatic rings. The van der Waals surface area contributed by atoms with Crippen molar-refractivity contribution in [3.8, 4) is 0 Å². The summed E-state index contributed by atoms with van der Waals surface area (Å²) in [4.78, 5) is 17.3. The van der Waals surface area contributed by atoms with Crippen molar-refractivity contribution in [2.75, 3.05) is 13.2 Å². The molecular weight excluding hydrogens is 264 g/mol. The summed E-state index contributed by atoms with van der Waals surface area (Å²) in [5.74, 6) is 0. The quantitative estimate of drug-likeness (QED) is 0.760. The van der Waals surface area contributed by atoms with Crippen LogP contribution < -0.4 is 4.84 Å². The van der Waals surface area contributed by atoms with Crippen LogP contribution in [-0.2, 0) is 9.47 Å². The fraction of sp³-hybridized carbons (Fsp3) is 0.444. The lowest BCUT2D eigenvalue weighted by Gasteiger charge is -2.12. The van der Waals surface area contributed by atoms with Gasteiger partial charge in [-0.2, -0.15) is 0 Å². The van der Waals surface area contributed by atoms with Crippen LogP contribution in [0.5, 0.6) is 0 Å². The topological polar surface area (TPSA) is 91.5 Å². The predicted octanol–water partition coefficient (Wildman–Crippen LogP) is -0.400. The van der Waals surface area contributed by atoms with Crippen LogP contribution in [0.2, 0.25) is 5.15 Å². The molecule has 1 fully saturated rings. The van der Waals surface area contributed by atoms with Gasteiger partial charge in [-0.1, -0.05) is 11.6 Å². The molecule has 0 amide bonds. The fourth-order valence-electron chi connectivity index (χ4n) is 1.57. The number of halogens is 1. The van der Waals surface area contributed by atoms with Gasteiger partial charge < -0.3 is 19.4 Å². The summed E-state index contributed by atoms with van der Waals surface area (Å²) in [6.45, 7) is -0.0117. The molecule has 9 heteroatoms. The molecule has 0 saturated carbocycles. The van der Waals surface area contributed by atoms with E-state index < -0.39 is 12.6 Å². The third-order valence-electron chi connectivity index (χ3n) is 2.36. The number of ether oxygens (including phenoxy) is 2. The van der Waals surface area contributed by atoms with Gasteiger partial charge in [0.15, 0.2) is 11.4 Å². The molecule has 3 rings (SSSR count). The maximum Gasteiger partial charge on any atom is 0.250 e. The van der Waals surface area contributed by atoms with E-state index in [4.69, 9.17) is 31.0 Å². The van der Waals surface area contributed by atoms with Crippen molar-refractivity contribution in [2.24, 2.45) is 0 Å². The summed E-state index contributed by atoms with van der Waals surface area (Å²) in [5.41, 5.74) is 0.878. The van der Waals surface area contributed by atoms with Gasteiger partial charge >= 0.3 is 0 Å². The van der Waals surface area contributed by atoms with E-state index in [1.165, 1.54) is 17.4 Å². The molecule has 18 heavy (non-hydrogen) atoms. The highest BCUT2D eigenvalue weighted by molar-refractivity contribution is 6.33. The zero-order valence-electron chi connectivity index (χ0n) is 9.06. The maximum atomic E-state index is 8.86. The lowest BCUT2D eigenvalue weighted by molar-refractivity contribution is -0.155. The summed E-state index contributed by atoms with van der Waals surface area (Å²) < 4.78 is 11.7. The Kier molecular flexibility index (Phi) is 3.00. The van der Waals surface area contributed by atoms with Gasteiger partial charge in [0.1, 0.15) is 24.8 Å². The van der Waals surface area contributed by atoms with Crippen LogP contribution in [0.25, 0.3) is 11.2 Å². The average molecular weight is 273 g/mol. The van der Waals surface area contributed by atoms with Crippen LogP contribution in [0, 0.1) is 0 Å². The highest BCUT2D eigenvalue weighted by Crippen LogP contribution is 2.17. The first kappa shape index (κ1) is 11.6. The van der Waals surface area contributed by atoms with Gasteiger partial charge in [-0.3, -0.25) is 0 Å². The van der Waals surface area contributed by atoms with E-state index in [-0.39, 0.29) is 18.4 Å². The third kappa shape index (κ3) is 1.99. The zero-order valence-corrected chi connectivity index (χ0v) is 9.82. The minimum absolute atomic E-state index is 0.212. The Morgan fingerprint density at radius 1 is 1.50 bits per heavy atom. The Morgan fingerprint density at radius 3 is 3.17 bits per heavy atom. The smallest absolute Gasteiger partial charge is 0.250 e. The number of aliphatic hydroxyl groups is 1. The molecule has 2 atom stereocenters. The number of nitrogens with zero attached hydrogens (tertiary/aromatic N) is 4. The van der Waals surface area contributed by atoms with E-state index >= 15 is 0 Å². The third-order valence-corrected chi connectivity index (χ3v) is 2.64. The van der Waals surface area contributed by atoms with Crippen molar-refractivity contribution in [3.63, 3.8) is 0 Å². The van der Waals surface area contributed by atoms with Crippen LogP contribution in [-0.4, -0.2) is 50.6 Å². The van der Waals surface area contributed by atoms with Gasteiger partial charge in [-0.25, -0.2) is 15.0 Å². The summed E-state index contributed by atoms with van der Waals surface area (Å²) >= 11 is 5.86. The average Bonchev–Trinajstić information content (AvgIpc) is 2.98. The minimum Gasteiger partial charge on any atom is -0.391 e. The monoisotopic (exact) mass is 272 g/mol. The lowest BCUT2D eigenvalue weighted by Crippen LogP contribution is -2.27. The molecule has 2 aromatic heterocycles. The Balaban J connectivity index is 1.81. The van der Waals surface area contributed by atoms with E-state index in [9.17, 15) is 0 Å². The van der Waals surface area contributed by atoms with E-state index in [0.29, 0.717) is 11.2 Å². The first-order valence-corrected chi connectivity index (χ1v) is 5.54. The summed E-state index contributed by atoms with van der Waals surface area (Å²) in [7, 11) is 0. The van der Waals surface area contributed by atoms with Crippen molar-refractivity contribution in [1.29, 1.82) is 0 Å². The molecule has 0 unspecified atom stereocenters. The van der Waals surface area contributed by atoms with Crippen LogP contribution in [0.15, 0.2) is 12.7 Å². The molecule has 0 aromatic carbocycles. The molecule has 96 valence electrons. The van der Waals surface area contributed by atoms with E-state index in [1.807, 2.05) is 0 Å². The molecule has 0 bridgehead atoms. The highest BCUT2D eigenvalue weighted by atomic mass is 35.5. The van der Waals surface area contributed by atoms with Crippen LogP contribution in [0.3, 0.4) is 0 Å². The van der Waals surface area contributed by atoms with Crippen molar-refractivity contribution in [1.82, 2.24) is 19.7 Å². The summed E-state index contributed by atoms with van der Waals surface area (Å²) in [5, 5.41) is 9.10. The second kappa shape index (κ2) is 4.65. The van der Waals surface area contributed by atoms with Gasteiger partial charge in [0.25, 0.3) is 6.29 Å². The summed E-state index contributed by atoms with van der Waals surface area (Å²) in [6.07, 6.45) is 1.44. The maximum absolute atomic E-state index is 8.86. The predicted molar refractivity (Wildman–Crippen MR) is 58.6 cm³/mol. The van der Waals surface area contributed by atoms with E-state index in [1.54, 1.807) is 0 Å². The fourth-order valence-corrected chi connectivity index (χ4v) is 1.75. The number of aromatic nitrogens is 4. The van der Waals surface area contributed by atoms with Crippen LogP contribution >= 0.6 is 11.6 Å². The van der Waals surface area contributed by atoms with E-state index in [2.05, 4.69) is 15.0 Å². The van der Waals surface area contributed by atoms with Gasteiger partial charge in [0.2, 0.25) is 5.65 Å². The number of imidazole rings is 1. The molecule has 3 heterocycles. The first-order chi connectivity index (χ1) is 8.78. The number of aliphatic hydroxyl groups excluding tert-OH is 1. The minimum atomic E-state index is -0.664. The molecule has 0 radical (unpaired) electrons. The molecule has 8 nitrogen and oxygen atoms in total. The van der Waals surface area contributed by atoms with Crippen molar-refractivity contribution >= 4 is 22.8 Å². The SMILES string of the molecule is OC[C@@H]1OC[C@H](On2cnc3c(Cl)ncnc32)O1. The molecule has 2 aromatic rings. The van der Waals surface area contributed by atoms with Crippen LogP contribution in [0.1, 0.15) is 0 Å². The van der Waals surface area contributed by atoms with Gasteiger partial charge in [0.05, 0.1) is 6.61 Å². The standard InChI is InChI=1S/C9H9ClN4O4/c10-8-7-9(12-3-11-8)14(4-13-7)18-6-2-16-5(1-15)17-6/h3-6,15H,1-2H2/t5-,6+/m1/s1. The second-order valence-corrected chi connectivity index (χ2v) is 3.88. The van der Waals surface area contributed by atoms with Gasteiger partial charge in [-0.15, -0.1) is 4.73 Å². The van der Waals surface area contributed by atoms with Gasteiger partial charge in [0, 0.05) is 0 Å². The lowest BCUT2D eigenvalue weighted by atomic mass is 10.6. The Labute approximate surface area is 106 Å². The van der Waals surface area contributed by atoms with Gasteiger partial charge in [-0.05, 0) is 0 Å². The van der Waals surface area contributed by atoms with Crippen LogP contribution in [0.4, 0.5) is 0 Å². The number of hydrogen-bond acceptors (Lipinski definition) is 7. The Hall–Kier alpha value is -1.48. The second-order valence-electron chi connectivity index (χ2n) is 3.52. The Bertz CT molecular complexity index is 562. The molecule has 1 N–H and O–H groups in total. The first-order valence-electron chi connectivity index (χ1n) is 5.16. The highest BCUT2D eigenvalue weighted by Gasteiger charge is 2.28. The number of hydrogen-bond donors (Lipinski definition) is 1.